The zero-order valence-electron chi connectivity index (χ0n) is 15.5. The summed E-state index contributed by atoms with van der Waals surface area (Å²) in [4.78, 5) is 24.8. The van der Waals surface area contributed by atoms with Gasteiger partial charge in [0, 0.05) is 16.5 Å². The van der Waals surface area contributed by atoms with Gasteiger partial charge >= 0.3 is 5.97 Å². The number of amides is 1. The first-order chi connectivity index (χ1) is 12.9. The molecule has 0 radical (unpaired) electrons. The number of carbonyl (C=O) groups excluding carboxylic acids is 2. The van der Waals surface area contributed by atoms with E-state index in [1.807, 2.05) is 19.1 Å². The average molecular weight is 388 g/mol. The van der Waals surface area contributed by atoms with E-state index in [9.17, 15) is 9.59 Å². The van der Waals surface area contributed by atoms with Crippen LogP contribution >= 0.6 is 11.6 Å². The van der Waals surface area contributed by atoms with E-state index in [1.54, 1.807) is 30.3 Å². The lowest BCUT2D eigenvalue weighted by molar-refractivity contribution is -0.141. The minimum absolute atomic E-state index is 0.0103. The van der Waals surface area contributed by atoms with Crippen LogP contribution in [0.5, 0.6) is 5.75 Å². The van der Waals surface area contributed by atoms with Gasteiger partial charge in [0.15, 0.2) is 0 Å². The molecule has 0 bridgehead atoms. The average Bonchev–Trinajstić information content (AvgIpc) is 2.96. The van der Waals surface area contributed by atoms with Gasteiger partial charge in [-0.1, -0.05) is 42.8 Å². The molecule has 3 rings (SSSR count). The van der Waals surface area contributed by atoms with Crippen LogP contribution in [-0.2, 0) is 9.53 Å². The highest BCUT2D eigenvalue weighted by molar-refractivity contribution is 6.30. The van der Waals surface area contributed by atoms with E-state index in [4.69, 9.17) is 21.1 Å². The second-order valence-electron chi connectivity index (χ2n) is 6.69. The molecular weight excluding hydrogens is 366 g/mol. The number of para-hydroxylation sites is 1. The summed E-state index contributed by atoms with van der Waals surface area (Å²) < 4.78 is 10.7. The predicted molar refractivity (Wildman–Crippen MR) is 103 cm³/mol. The molecule has 1 amide bonds. The molecule has 0 saturated heterocycles. The molecule has 0 spiro atoms. The summed E-state index contributed by atoms with van der Waals surface area (Å²) in [6, 6.07) is 12.0. The second kappa shape index (κ2) is 8.01. The van der Waals surface area contributed by atoms with Crippen LogP contribution in [0.4, 0.5) is 0 Å². The van der Waals surface area contributed by atoms with Crippen LogP contribution in [0.15, 0.2) is 42.5 Å². The number of ether oxygens (including phenoxy) is 2. The number of esters is 1. The van der Waals surface area contributed by atoms with Crippen molar-refractivity contribution in [2.75, 3.05) is 7.11 Å². The van der Waals surface area contributed by atoms with Crippen LogP contribution in [0.25, 0.3) is 0 Å². The Morgan fingerprint density at radius 2 is 1.89 bits per heavy atom. The van der Waals surface area contributed by atoms with E-state index in [0.717, 1.165) is 11.1 Å². The van der Waals surface area contributed by atoms with Gasteiger partial charge in [0.1, 0.15) is 11.9 Å². The van der Waals surface area contributed by atoms with Gasteiger partial charge < -0.3 is 14.8 Å². The lowest BCUT2D eigenvalue weighted by Gasteiger charge is -2.19. The standard InChI is InChI=1S/C21H22ClNO4/c1-12-13(2)27-20-16(12)5-4-6-17(20)21(25)23-18(11-19(24)26-3)14-7-9-15(22)10-8-14/h4-10,12-13,18H,11H2,1-3H3,(H,23,25)/t12-,13-,18+/m1/s1. The third-order valence-electron chi connectivity index (χ3n) is 4.96. The van der Waals surface area contributed by atoms with Gasteiger partial charge in [0.25, 0.3) is 5.91 Å². The van der Waals surface area contributed by atoms with Gasteiger partial charge in [-0.2, -0.15) is 0 Å². The molecule has 6 heteroatoms. The fourth-order valence-corrected chi connectivity index (χ4v) is 3.32. The first-order valence-corrected chi connectivity index (χ1v) is 9.21. The van der Waals surface area contributed by atoms with Gasteiger partial charge in [-0.05, 0) is 30.7 Å². The van der Waals surface area contributed by atoms with E-state index in [1.165, 1.54) is 7.11 Å². The zero-order valence-corrected chi connectivity index (χ0v) is 16.2. The monoisotopic (exact) mass is 387 g/mol. The Balaban J connectivity index is 1.87. The summed E-state index contributed by atoms with van der Waals surface area (Å²) in [5.74, 6) is 0.127. The van der Waals surface area contributed by atoms with Gasteiger partial charge in [0.05, 0.1) is 25.1 Å². The molecule has 0 saturated carbocycles. The number of carbonyl (C=O) groups is 2. The lowest BCUT2D eigenvalue weighted by atomic mass is 9.96. The summed E-state index contributed by atoms with van der Waals surface area (Å²) >= 11 is 5.95. The Bertz CT molecular complexity index is 850. The van der Waals surface area contributed by atoms with Gasteiger partial charge in [0.2, 0.25) is 0 Å². The molecule has 3 atom stereocenters. The highest BCUT2D eigenvalue weighted by atomic mass is 35.5. The van der Waals surface area contributed by atoms with Crippen molar-refractivity contribution >= 4 is 23.5 Å². The van der Waals surface area contributed by atoms with E-state index in [0.29, 0.717) is 16.3 Å². The highest BCUT2D eigenvalue weighted by Crippen LogP contribution is 2.40. The summed E-state index contributed by atoms with van der Waals surface area (Å²) in [6.45, 7) is 4.06. The molecule has 27 heavy (non-hydrogen) atoms. The molecule has 0 unspecified atom stereocenters. The fraction of sp³-hybridized carbons (Fsp3) is 0.333. The van der Waals surface area contributed by atoms with E-state index < -0.39 is 12.0 Å². The molecule has 2 aromatic carbocycles. The largest absolute Gasteiger partial charge is 0.489 e. The molecule has 0 aromatic heterocycles. The minimum atomic E-state index is -0.533. The molecule has 142 valence electrons. The molecular formula is C21H22ClNO4. The van der Waals surface area contributed by atoms with E-state index >= 15 is 0 Å². The summed E-state index contributed by atoms with van der Waals surface area (Å²) in [7, 11) is 1.32. The van der Waals surface area contributed by atoms with Gasteiger partial charge in [-0.3, -0.25) is 9.59 Å². The first kappa shape index (κ1) is 19.2. The Morgan fingerprint density at radius 3 is 2.56 bits per heavy atom. The van der Waals surface area contributed by atoms with E-state index in [-0.39, 0.29) is 24.3 Å². The maximum absolute atomic E-state index is 13.0. The number of halogens is 1. The molecule has 0 fully saturated rings. The summed E-state index contributed by atoms with van der Waals surface area (Å²) in [5, 5.41) is 3.51. The summed E-state index contributed by atoms with van der Waals surface area (Å²) in [5.41, 5.74) is 2.26. The normalized spacial score (nSPS) is 19.0. The fourth-order valence-electron chi connectivity index (χ4n) is 3.20. The molecule has 5 nitrogen and oxygen atoms in total. The Labute approximate surface area is 163 Å². The zero-order chi connectivity index (χ0) is 19.6. The third kappa shape index (κ3) is 4.08. The van der Waals surface area contributed by atoms with Crippen molar-refractivity contribution in [3.8, 4) is 5.75 Å². The minimum Gasteiger partial charge on any atom is -0.489 e. The molecule has 1 aliphatic rings. The van der Waals surface area contributed by atoms with Crippen molar-refractivity contribution in [1.82, 2.24) is 5.32 Å². The number of hydrogen-bond donors (Lipinski definition) is 1. The predicted octanol–water partition coefficient (Wildman–Crippen LogP) is 4.26. The Kier molecular flexibility index (Phi) is 5.71. The van der Waals surface area contributed by atoms with Crippen molar-refractivity contribution in [2.45, 2.75) is 38.3 Å². The van der Waals surface area contributed by atoms with Gasteiger partial charge in [-0.15, -0.1) is 0 Å². The number of fused-ring (bicyclic) bond motifs is 1. The van der Waals surface area contributed by atoms with Crippen LogP contribution in [0.1, 0.15) is 53.7 Å². The molecule has 0 aliphatic carbocycles. The maximum atomic E-state index is 13.0. The smallest absolute Gasteiger partial charge is 0.307 e. The molecule has 1 N–H and O–H groups in total. The van der Waals surface area contributed by atoms with Crippen molar-refractivity contribution in [1.29, 1.82) is 0 Å². The molecule has 1 aliphatic heterocycles. The van der Waals surface area contributed by atoms with Crippen LogP contribution in [-0.4, -0.2) is 25.1 Å². The Morgan fingerprint density at radius 1 is 1.19 bits per heavy atom. The van der Waals surface area contributed by atoms with Crippen LogP contribution in [0.2, 0.25) is 5.02 Å². The maximum Gasteiger partial charge on any atom is 0.307 e. The van der Waals surface area contributed by atoms with Crippen molar-refractivity contribution in [3.05, 3.63) is 64.2 Å². The number of hydrogen-bond acceptors (Lipinski definition) is 4. The van der Waals surface area contributed by atoms with Crippen LogP contribution in [0, 0.1) is 0 Å². The topological polar surface area (TPSA) is 64.6 Å². The number of methoxy groups -OCH3 is 1. The summed E-state index contributed by atoms with van der Waals surface area (Å²) in [6.07, 6.45) is 0.0307. The van der Waals surface area contributed by atoms with Crippen LogP contribution < -0.4 is 10.1 Å². The Hall–Kier alpha value is -2.53. The second-order valence-corrected chi connectivity index (χ2v) is 7.13. The SMILES string of the molecule is COC(=O)C[C@H](NC(=O)c1cccc2c1O[C@H](C)[C@H]2C)c1ccc(Cl)cc1. The van der Waals surface area contributed by atoms with Crippen molar-refractivity contribution in [2.24, 2.45) is 0 Å². The number of benzene rings is 2. The first-order valence-electron chi connectivity index (χ1n) is 8.83. The van der Waals surface area contributed by atoms with Crippen LogP contribution in [0.3, 0.4) is 0 Å². The number of rotatable bonds is 5. The van der Waals surface area contributed by atoms with Crippen molar-refractivity contribution in [3.63, 3.8) is 0 Å². The lowest BCUT2D eigenvalue weighted by Crippen LogP contribution is -2.30. The van der Waals surface area contributed by atoms with Gasteiger partial charge in [-0.25, -0.2) is 0 Å². The highest BCUT2D eigenvalue weighted by Gasteiger charge is 2.31. The quantitative estimate of drug-likeness (QED) is 0.778. The van der Waals surface area contributed by atoms with E-state index in [2.05, 4.69) is 12.2 Å². The third-order valence-corrected chi connectivity index (χ3v) is 5.22. The molecule has 1 heterocycles. The number of nitrogens with one attached hydrogen (secondary N) is 1. The molecule has 2 aromatic rings. The van der Waals surface area contributed by atoms with Crippen molar-refractivity contribution < 1.29 is 19.1 Å².